The minimum atomic E-state index is -0.677. The predicted octanol–water partition coefficient (Wildman–Crippen LogP) is 4.12. The highest BCUT2D eigenvalue weighted by Crippen LogP contribution is 2.34. The summed E-state index contributed by atoms with van der Waals surface area (Å²) in [6.45, 7) is 9.88. The molecule has 3 aromatic rings. The Balaban J connectivity index is 1.71. The number of nitrogens with two attached hydrogens (primary N) is 1. The number of esters is 1. The number of hydrogen-bond acceptors (Lipinski definition) is 9. The molecule has 1 atom stereocenters. The van der Waals surface area contributed by atoms with Gasteiger partial charge < -0.3 is 25.1 Å². The van der Waals surface area contributed by atoms with Crippen molar-refractivity contribution >= 4 is 45.9 Å². The maximum absolute atomic E-state index is 12.7. The largest absolute Gasteiger partial charge is 0.483 e. The minimum Gasteiger partial charge on any atom is -0.483 e. The molecule has 1 aromatic carbocycles. The van der Waals surface area contributed by atoms with Gasteiger partial charge in [-0.2, -0.15) is 0 Å². The number of thiophene rings is 1. The summed E-state index contributed by atoms with van der Waals surface area (Å²) in [6, 6.07) is 7.75. The molecule has 3 rings (SSSR count). The van der Waals surface area contributed by atoms with Crippen molar-refractivity contribution in [1.29, 1.82) is 0 Å². The lowest BCUT2D eigenvalue weighted by Crippen LogP contribution is -2.17. The lowest BCUT2D eigenvalue weighted by atomic mass is 10.1. The number of hydrogen-bond donors (Lipinski definition) is 2. The number of nitrogens with zero attached hydrogens (tertiary/aromatic N) is 3. The Labute approximate surface area is 217 Å². The van der Waals surface area contributed by atoms with Gasteiger partial charge in [0, 0.05) is 6.54 Å². The number of anilines is 1. The second kappa shape index (κ2) is 12.0. The fourth-order valence-corrected chi connectivity index (χ4v) is 5.33. The van der Waals surface area contributed by atoms with Crippen LogP contribution in [0.15, 0.2) is 29.4 Å². The average Bonchev–Trinajstić information content (AvgIpc) is 3.39. The van der Waals surface area contributed by atoms with Crippen molar-refractivity contribution in [3.63, 3.8) is 0 Å². The number of carbonyl (C=O) groups is 3. The number of primary amides is 1. The topological polar surface area (TPSA) is 138 Å². The lowest BCUT2D eigenvalue weighted by Gasteiger charge is -2.15. The molecule has 0 aliphatic heterocycles. The van der Waals surface area contributed by atoms with Crippen LogP contribution in [0.4, 0.5) is 5.00 Å². The Morgan fingerprint density at radius 1 is 1.17 bits per heavy atom. The van der Waals surface area contributed by atoms with E-state index in [1.54, 1.807) is 13.8 Å². The van der Waals surface area contributed by atoms with Crippen molar-refractivity contribution in [1.82, 2.24) is 14.8 Å². The Morgan fingerprint density at radius 3 is 2.47 bits per heavy atom. The molecule has 3 N–H and O–H groups in total. The quantitative estimate of drug-likeness (QED) is 0.278. The number of rotatable bonds is 11. The van der Waals surface area contributed by atoms with Crippen LogP contribution in [-0.4, -0.2) is 44.9 Å². The van der Waals surface area contributed by atoms with Gasteiger partial charge in [0.2, 0.25) is 5.91 Å². The molecule has 0 saturated heterocycles. The smallest absolute Gasteiger partial charge is 0.341 e. The number of amides is 2. The lowest BCUT2D eigenvalue weighted by molar-refractivity contribution is -0.113. The summed E-state index contributed by atoms with van der Waals surface area (Å²) in [4.78, 5) is 37.1. The van der Waals surface area contributed by atoms with Gasteiger partial charge in [-0.15, -0.1) is 21.5 Å². The Kier molecular flexibility index (Phi) is 9.10. The van der Waals surface area contributed by atoms with Crippen molar-refractivity contribution in [2.24, 2.45) is 5.73 Å². The van der Waals surface area contributed by atoms with Crippen LogP contribution in [0.5, 0.6) is 5.75 Å². The minimum absolute atomic E-state index is 0.0104. The predicted molar refractivity (Wildman–Crippen MR) is 139 cm³/mol. The van der Waals surface area contributed by atoms with E-state index in [4.69, 9.17) is 15.2 Å². The standard InChI is InChI=1S/C24H29N5O5S2/c1-6-29-21(15(5)34-16-10-8-13(3)9-11-16)27-28-24(29)35-12-17(30)26-22-18(23(32)33-7-2)14(4)19(36-22)20(25)31/h8-11,15H,6-7,12H2,1-5H3,(H2,25,31)(H,26,30). The molecular formula is C24H29N5O5S2. The average molecular weight is 532 g/mol. The van der Waals surface area contributed by atoms with E-state index in [0.717, 1.165) is 22.6 Å². The van der Waals surface area contributed by atoms with Crippen LogP contribution in [-0.2, 0) is 16.1 Å². The third kappa shape index (κ3) is 6.24. The van der Waals surface area contributed by atoms with Crippen molar-refractivity contribution in [3.8, 4) is 5.75 Å². The second-order valence-electron chi connectivity index (χ2n) is 7.84. The molecule has 0 saturated carbocycles. The number of aryl methyl sites for hydroxylation is 1. The van der Waals surface area contributed by atoms with Crippen LogP contribution >= 0.6 is 23.1 Å². The van der Waals surface area contributed by atoms with Crippen molar-refractivity contribution in [3.05, 3.63) is 51.7 Å². The van der Waals surface area contributed by atoms with E-state index in [2.05, 4.69) is 15.5 Å². The highest BCUT2D eigenvalue weighted by molar-refractivity contribution is 7.99. The number of nitrogens with one attached hydrogen (secondary N) is 1. The molecule has 192 valence electrons. The number of ether oxygens (including phenoxy) is 2. The molecule has 0 bridgehead atoms. The Morgan fingerprint density at radius 2 is 1.86 bits per heavy atom. The molecule has 2 amide bonds. The van der Waals surface area contributed by atoms with Crippen LogP contribution in [0.3, 0.4) is 0 Å². The highest BCUT2D eigenvalue weighted by atomic mass is 32.2. The monoisotopic (exact) mass is 531 g/mol. The van der Waals surface area contributed by atoms with Gasteiger partial charge >= 0.3 is 5.97 Å². The van der Waals surface area contributed by atoms with Crippen LogP contribution in [0.25, 0.3) is 0 Å². The number of benzene rings is 1. The summed E-state index contributed by atoms with van der Waals surface area (Å²) in [7, 11) is 0. The number of thioether (sulfide) groups is 1. The van der Waals surface area contributed by atoms with Gasteiger partial charge in [0.05, 0.1) is 22.8 Å². The first kappa shape index (κ1) is 27.2. The van der Waals surface area contributed by atoms with E-state index in [0.29, 0.717) is 23.1 Å². The Hall–Kier alpha value is -3.38. The van der Waals surface area contributed by atoms with E-state index in [1.807, 2.05) is 49.6 Å². The van der Waals surface area contributed by atoms with E-state index < -0.39 is 11.9 Å². The van der Waals surface area contributed by atoms with Crippen LogP contribution < -0.4 is 15.8 Å². The van der Waals surface area contributed by atoms with E-state index in [1.165, 1.54) is 11.8 Å². The first-order valence-corrected chi connectivity index (χ1v) is 13.2. The SMILES string of the molecule is CCOC(=O)c1c(NC(=O)CSc2nnc(C(C)Oc3ccc(C)cc3)n2CC)sc(C(N)=O)c1C. The normalized spacial score (nSPS) is 11.7. The van der Waals surface area contributed by atoms with Gasteiger partial charge in [-0.05, 0) is 52.3 Å². The zero-order valence-electron chi connectivity index (χ0n) is 20.8. The Bertz CT molecular complexity index is 1250. The molecule has 10 nitrogen and oxygen atoms in total. The molecule has 2 aromatic heterocycles. The van der Waals surface area contributed by atoms with Gasteiger partial charge in [-0.1, -0.05) is 29.5 Å². The van der Waals surface area contributed by atoms with Crippen molar-refractivity contribution in [2.75, 3.05) is 17.7 Å². The molecule has 0 spiro atoms. The fourth-order valence-electron chi connectivity index (χ4n) is 3.46. The zero-order chi connectivity index (χ0) is 26.4. The second-order valence-corrected chi connectivity index (χ2v) is 9.80. The summed E-state index contributed by atoms with van der Waals surface area (Å²) in [5.41, 5.74) is 7.08. The van der Waals surface area contributed by atoms with E-state index in [9.17, 15) is 14.4 Å². The van der Waals surface area contributed by atoms with Gasteiger partial charge in [0.1, 0.15) is 10.8 Å². The maximum atomic E-state index is 12.7. The van der Waals surface area contributed by atoms with Gasteiger partial charge in [-0.3, -0.25) is 9.59 Å². The van der Waals surface area contributed by atoms with Gasteiger partial charge in [0.25, 0.3) is 5.91 Å². The molecule has 36 heavy (non-hydrogen) atoms. The van der Waals surface area contributed by atoms with Crippen LogP contribution in [0.1, 0.15) is 63.9 Å². The number of aromatic nitrogens is 3. The summed E-state index contributed by atoms with van der Waals surface area (Å²) in [5, 5.41) is 12.0. The fraction of sp³-hybridized carbons (Fsp3) is 0.375. The van der Waals surface area contributed by atoms with Crippen molar-refractivity contribution < 1.29 is 23.9 Å². The van der Waals surface area contributed by atoms with Gasteiger partial charge in [-0.25, -0.2) is 4.79 Å². The molecule has 0 aliphatic rings. The first-order chi connectivity index (χ1) is 17.2. The highest BCUT2D eigenvalue weighted by Gasteiger charge is 2.26. The maximum Gasteiger partial charge on any atom is 0.341 e. The van der Waals surface area contributed by atoms with Gasteiger partial charge in [0.15, 0.2) is 17.1 Å². The molecule has 0 radical (unpaired) electrons. The first-order valence-electron chi connectivity index (χ1n) is 11.4. The molecule has 12 heteroatoms. The summed E-state index contributed by atoms with van der Waals surface area (Å²) in [5.74, 6) is -0.296. The molecular weight excluding hydrogens is 502 g/mol. The van der Waals surface area contributed by atoms with Crippen LogP contribution in [0.2, 0.25) is 0 Å². The third-order valence-electron chi connectivity index (χ3n) is 5.19. The molecule has 1 unspecified atom stereocenters. The van der Waals surface area contributed by atoms with E-state index in [-0.39, 0.29) is 39.8 Å². The molecule has 0 fully saturated rings. The number of carbonyl (C=O) groups excluding carboxylic acids is 3. The third-order valence-corrected chi connectivity index (χ3v) is 7.38. The summed E-state index contributed by atoms with van der Waals surface area (Å²) >= 11 is 2.16. The van der Waals surface area contributed by atoms with Crippen molar-refractivity contribution in [2.45, 2.75) is 52.4 Å². The van der Waals surface area contributed by atoms with E-state index >= 15 is 0 Å². The zero-order valence-corrected chi connectivity index (χ0v) is 22.4. The summed E-state index contributed by atoms with van der Waals surface area (Å²) in [6.07, 6.45) is -0.350. The summed E-state index contributed by atoms with van der Waals surface area (Å²) < 4.78 is 13.0. The van der Waals surface area contributed by atoms with Crippen LogP contribution in [0, 0.1) is 13.8 Å². The molecule has 0 aliphatic carbocycles. The molecule has 2 heterocycles.